The Balaban J connectivity index is 1.17. The van der Waals surface area contributed by atoms with Gasteiger partial charge in [-0.2, -0.15) is 0 Å². The van der Waals surface area contributed by atoms with E-state index in [0.29, 0.717) is 39.0 Å². The average molecular weight is 526 g/mol. The summed E-state index contributed by atoms with van der Waals surface area (Å²) in [6.45, 7) is 2.12. The molecule has 1 atom stereocenters. The zero-order chi connectivity index (χ0) is 26.8. The van der Waals surface area contributed by atoms with Crippen LogP contribution in [0.5, 0.6) is 0 Å². The van der Waals surface area contributed by atoms with E-state index in [2.05, 4.69) is 4.98 Å². The number of piperidine rings is 2. The molecule has 9 heteroatoms. The third kappa shape index (κ3) is 5.62. The Labute approximate surface area is 218 Å². The fourth-order valence-electron chi connectivity index (χ4n) is 5.98. The van der Waals surface area contributed by atoms with E-state index in [1.165, 1.54) is 18.2 Å². The van der Waals surface area contributed by atoms with Crippen molar-refractivity contribution in [1.82, 2.24) is 14.8 Å². The van der Waals surface area contributed by atoms with Gasteiger partial charge in [0.15, 0.2) is 0 Å². The summed E-state index contributed by atoms with van der Waals surface area (Å²) >= 11 is 0. The highest BCUT2D eigenvalue weighted by Crippen LogP contribution is 2.35. The van der Waals surface area contributed by atoms with E-state index in [1.54, 1.807) is 17.0 Å². The van der Waals surface area contributed by atoms with Gasteiger partial charge >= 0.3 is 5.97 Å². The Morgan fingerprint density at radius 2 is 1.61 bits per heavy atom. The molecule has 1 aromatic heterocycles. The second kappa shape index (κ2) is 11.0. The molecule has 2 aliphatic rings. The molecular weight excluding hydrogens is 495 g/mol. The quantitative estimate of drug-likeness (QED) is 0.436. The fourth-order valence-corrected chi connectivity index (χ4v) is 5.98. The number of nitrogens with one attached hydrogen (secondary N) is 1. The normalized spacial score (nSPS) is 18.9. The van der Waals surface area contributed by atoms with Gasteiger partial charge in [-0.05, 0) is 98.1 Å². The van der Waals surface area contributed by atoms with Crippen molar-refractivity contribution in [3.05, 3.63) is 77.2 Å². The summed E-state index contributed by atoms with van der Waals surface area (Å²) in [4.78, 5) is 31.8. The minimum absolute atomic E-state index is 0.0865. The van der Waals surface area contributed by atoms with Gasteiger partial charge in [0.25, 0.3) is 0 Å². The van der Waals surface area contributed by atoms with Crippen LogP contribution >= 0.6 is 0 Å². The number of hydrogen-bond donors (Lipinski definition) is 2. The van der Waals surface area contributed by atoms with Gasteiger partial charge in [0.2, 0.25) is 5.91 Å². The zero-order valence-electron chi connectivity index (χ0n) is 20.9. The van der Waals surface area contributed by atoms with Crippen molar-refractivity contribution in [1.29, 1.82) is 0 Å². The Morgan fingerprint density at radius 3 is 2.26 bits per heavy atom. The van der Waals surface area contributed by atoms with Crippen LogP contribution in [0.25, 0.3) is 17.0 Å². The van der Waals surface area contributed by atoms with Gasteiger partial charge in [-0.3, -0.25) is 14.5 Å². The number of aliphatic carboxylic acids is 1. The Bertz CT molecular complexity index is 1340. The van der Waals surface area contributed by atoms with Gasteiger partial charge in [-0.25, -0.2) is 13.2 Å². The van der Waals surface area contributed by atoms with Gasteiger partial charge in [-0.15, -0.1) is 0 Å². The molecule has 1 unspecified atom stereocenters. The van der Waals surface area contributed by atoms with Crippen molar-refractivity contribution in [2.75, 3.05) is 26.2 Å². The molecule has 3 aromatic rings. The molecule has 0 aliphatic carbocycles. The molecule has 0 radical (unpaired) electrons. The van der Waals surface area contributed by atoms with Crippen LogP contribution in [0.3, 0.4) is 0 Å². The number of aromatic amines is 1. The molecular formula is C29H30F3N3O3. The molecule has 0 saturated carbocycles. The highest BCUT2D eigenvalue weighted by Gasteiger charge is 2.38. The number of carboxylic acid groups (broad SMARTS) is 1. The van der Waals surface area contributed by atoms with Crippen molar-refractivity contribution in [2.45, 2.75) is 37.6 Å². The van der Waals surface area contributed by atoms with Crippen molar-refractivity contribution in [3.8, 4) is 0 Å². The summed E-state index contributed by atoms with van der Waals surface area (Å²) in [5.41, 5.74) is 2.23. The number of carbonyl (C=O) groups excluding carboxylic acids is 1. The fraction of sp³-hybridized carbons (Fsp3) is 0.379. The van der Waals surface area contributed by atoms with E-state index in [0.717, 1.165) is 47.5 Å². The maximum Gasteiger partial charge on any atom is 0.321 e. The molecule has 2 saturated heterocycles. The molecule has 6 nitrogen and oxygen atoms in total. The summed E-state index contributed by atoms with van der Waals surface area (Å²) in [7, 11) is 0. The standard InChI is InChI=1S/C29H30F3N3O3/c30-21-2-3-26-24(16-21)25(17-33-26)19-5-11-35(12-6-19)28(29(37)38)20-7-9-34(10-8-20)27(36)4-1-18-13-22(31)15-23(32)14-18/h1-4,13-17,19-20,28,33H,5-12H2,(H,37,38)/b4-1+. The van der Waals surface area contributed by atoms with Crippen LogP contribution in [0.15, 0.2) is 48.7 Å². The molecule has 2 aliphatic heterocycles. The van der Waals surface area contributed by atoms with Crippen LogP contribution in [-0.2, 0) is 9.59 Å². The number of hydrogen-bond acceptors (Lipinski definition) is 3. The maximum atomic E-state index is 13.8. The molecule has 2 N–H and O–H groups in total. The first-order valence-corrected chi connectivity index (χ1v) is 12.9. The number of carbonyl (C=O) groups is 2. The second-order valence-corrected chi connectivity index (χ2v) is 10.2. The third-order valence-corrected chi connectivity index (χ3v) is 7.89. The predicted octanol–water partition coefficient (Wildman–Crippen LogP) is 5.17. The number of nitrogens with zero attached hydrogens (tertiary/aromatic N) is 2. The number of rotatable bonds is 6. The highest BCUT2D eigenvalue weighted by molar-refractivity contribution is 5.91. The Morgan fingerprint density at radius 1 is 0.921 bits per heavy atom. The van der Waals surface area contributed by atoms with Gasteiger partial charge in [0.1, 0.15) is 23.5 Å². The minimum Gasteiger partial charge on any atom is -0.480 e. The molecule has 2 fully saturated rings. The van der Waals surface area contributed by atoms with E-state index in [4.69, 9.17) is 0 Å². The topological polar surface area (TPSA) is 76.6 Å². The van der Waals surface area contributed by atoms with E-state index < -0.39 is 23.6 Å². The smallest absolute Gasteiger partial charge is 0.321 e. The molecule has 38 heavy (non-hydrogen) atoms. The van der Waals surface area contributed by atoms with Crippen LogP contribution in [0.1, 0.15) is 42.7 Å². The van der Waals surface area contributed by atoms with E-state index in [-0.39, 0.29) is 29.1 Å². The lowest BCUT2D eigenvalue weighted by Gasteiger charge is -2.41. The van der Waals surface area contributed by atoms with Crippen LogP contribution in [0.4, 0.5) is 13.2 Å². The summed E-state index contributed by atoms with van der Waals surface area (Å²) in [6, 6.07) is 7.16. The van der Waals surface area contributed by atoms with Crippen LogP contribution in [0, 0.1) is 23.4 Å². The molecule has 1 amide bonds. The molecule has 0 bridgehead atoms. The zero-order valence-corrected chi connectivity index (χ0v) is 20.9. The molecule has 0 spiro atoms. The summed E-state index contributed by atoms with van der Waals surface area (Å²) in [5, 5.41) is 11.0. The van der Waals surface area contributed by atoms with Crippen LogP contribution in [0.2, 0.25) is 0 Å². The monoisotopic (exact) mass is 525 g/mol. The number of likely N-dealkylation sites (tertiary alicyclic amines) is 2. The average Bonchev–Trinajstić information content (AvgIpc) is 3.30. The maximum absolute atomic E-state index is 13.8. The van der Waals surface area contributed by atoms with Crippen molar-refractivity contribution in [3.63, 3.8) is 0 Å². The molecule has 3 heterocycles. The number of H-pyrrole nitrogens is 1. The van der Waals surface area contributed by atoms with Gasteiger partial charge in [-0.1, -0.05) is 0 Å². The minimum atomic E-state index is -0.851. The summed E-state index contributed by atoms with van der Waals surface area (Å²) < 4.78 is 40.6. The van der Waals surface area contributed by atoms with Crippen LogP contribution < -0.4 is 0 Å². The number of halogens is 3. The van der Waals surface area contributed by atoms with Gasteiger partial charge in [0, 0.05) is 42.3 Å². The number of benzene rings is 2. The second-order valence-electron chi connectivity index (χ2n) is 10.2. The lowest BCUT2D eigenvalue weighted by Crippen LogP contribution is -2.52. The van der Waals surface area contributed by atoms with Crippen molar-refractivity contribution >= 4 is 28.9 Å². The first kappa shape index (κ1) is 26.0. The van der Waals surface area contributed by atoms with Gasteiger partial charge < -0.3 is 15.0 Å². The van der Waals surface area contributed by atoms with Gasteiger partial charge in [0.05, 0.1) is 0 Å². The number of amides is 1. The van der Waals surface area contributed by atoms with E-state index in [9.17, 15) is 27.9 Å². The molecule has 2 aromatic carbocycles. The SMILES string of the molecule is O=C(O)C(C1CCN(C(=O)/C=C/c2cc(F)cc(F)c2)CC1)N1CCC(c2c[nH]c3ccc(F)cc23)CC1. The summed E-state index contributed by atoms with van der Waals surface area (Å²) in [6.07, 6.45) is 7.31. The first-order valence-electron chi connectivity index (χ1n) is 12.9. The predicted molar refractivity (Wildman–Crippen MR) is 138 cm³/mol. The third-order valence-electron chi connectivity index (χ3n) is 7.89. The number of carboxylic acids is 1. The van der Waals surface area contributed by atoms with Crippen LogP contribution in [-0.4, -0.2) is 64.0 Å². The number of fused-ring (bicyclic) bond motifs is 1. The first-order chi connectivity index (χ1) is 18.3. The van der Waals surface area contributed by atoms with Crippen molar-refractivity contribution < 1.29 is 27.9 Å². The lowest BCUT2D eigenvalue weighted by molar-refractivity contribution is -0.147. The van der Waals surface area contributed by atoms with E-state index in [1.807, 2.05) is 11.1 Å². The highest BCUT2D eigenvalue weighted by atomic mass is 19.1. The Hall–Kier alpha value is -3.59. The number of aromatic nitrogens is 1. The largest absolute Gasteiger partial charge is 0.480 e. The Kier molecular flexibility index (Phi) is 7.56. The lowest BCUT2D eigenvalue weighted by atomic mass is 9.84. The molecule has 200 valence electrons. The molecule has 5 rings (SSSR count). The summed E-state index contributed by atoms with van der Waals surface area (Å²) in [5.74, 6) is -2.67. The van der Waals surface area contributed by atoms with Crippen molar-refractivity contribution in [2.24, 2.45) is 5.92 Å². The van der Waals surface area contributed by atoms with E-state index >= 15 is 0 Å².